The minimum Gasteiger partial charge on any atom is -0.497 e. The van der Waals surface area contributed by atoms with Crippen LogP contribution in [-0.4, -0.2) is 50.9 Å². The average molecular weight is 521 g/mol. The largest absolute Gasteiger partial charge is 0.497 e. The molecule has 0 aliphatic rings. The Morgan fingerprint density at radius 1 is 1.03 bits per heavy atom. The van der Waals surface area contributed by atoms with Crippen molar-refractivity contribution in [1.29, 1.82) is 0 Å². The first kappa shape index (κ1) is 26.4. The van der Waals surface area contributed by atoms with E-state index in [9.17, 15) is 18.0 Å². The highest BCUT2D eigenvalue weighted by atomic mass is 32.2. The van der Waals surface area contributed by atoms with Crippen LogP contribution in [0.1, 0.15) is 26.7 Å². The zero-order valence-corrected chi connectivity index (χ0v) is 21.5. The fourth-order valence-electron chi connectivity index (χ4n) is 3.36. The zero-order chi connectivity index (χ0) is 25.4. The number of fused-ring (bicyclic) bond motifs is 1. The van der Waals surface area contributed by atoms with E-state index >= 15 is 0 Å². The van der Waals surface area contributed by atoms with Gasteiger partial charge in [-0.1, -0.05) is 11.3 Å². The third-order valence-electron chi connectivity index (χ3n) is 5.00. The number of hydrogen-bond acceptors (Lipinski definition) is 8. The number of hydrogen-bond donors (Lipinski definition) is 0. The highest BCUT2D eigenvalue weighted by Crippen LogP contribution is 2.24. The van der Waals surface area contributed by atoms with Crippen molar-refractivity contribution in [3.05, 3.63) is 47.3 Å². The van der Waals surface area contributed by atoms with Crippen molar-refractivity contribution in [2.45, 2.75) is 38.1 Å². The van der Waals surface area contributed by atoms with Gasteiger partial charge in [0.1, 0.15) is 18.0 Å². The summed E-state index contributed by atoms with van der Waals surface area (Å²) in [6.45, 7) is 4.25. The predicted molar refractivity (Wildman–Crippen MR) is 132 cm³/mol. The number of rotatable bonds is 11. The average Bonchev–Trinajstić information content (AvgIpc) is 3.15. The van der Waals surface area contributed by atoms with Crippen molar-refractivity contribution in [3.63, 3.8) is 0 Å². The number of sulfone groups is 1. The molecule has 0 unspecified atom stereocenters. The molecule has 0 N–H and O–H groups in total. The van der Waals surface area contributed by atoms with Gasteiger partial charge in [0.15, 0.2) is 14.6 Å². The Morgan fingerprint density at radius 3 is 2.40 bits per heavy atom. The number of thiazole rings is 1. The van der Waals surface area contributed by atoms with Crippen LogP contribution in [0.2, 0.25) is 0 Å². The van der Waals surface area contributed by atoms with Gasteiger partial charge in [0.05, 0.1) is 41.2 Å². The number of methoxy groups -OCH3 is 1. The van der Waals surface area contributed by atoms with Gasteiger partial charge in [0.25, 0.3) is 0 Å². The van der Waals surface area contributed by atoms with Gasteiger partial charge in [-0.2, -0.15) is 4.99 Å². The third kappa shape index (κ3) is 6.92. The molecule has 0 aliphatic carbocycles. The topological polar surface area (TPSA) is 113 Å². The molecule has 3 aromatic rings. The first-order valence-corrected chi connectivity index (χ1v) is 13.6. The van der Waals surface area contributed by atoms with Crippen LogP contribution in [0.5, 0.6) is 11.5 Å². The number of carbonyl (C=O) groups is 2. The highest BCUT2D eigenvalue weighted by molar-refractivity contribution is 7.91. The lowest BCUT2D eigenvalue weighted by Gasteiger charge is -2.06. The summed E-state index contributed by atoms with van der Waals surface area (Å²) in [6, 6.07) is 11.5. The maximum Gasteiger partial charge on any atom is 0.326 e. The maximum absolute atomic E-state index is 12.6. The van der Waals surface area contributed by atoms with Gasteiger partial charge in [-0.25, -0.2) is 8.42 Å². The summed E-state index contributed by atoms with van der Waals surface area (Å²) in [4.78, 5) is 29.4. The van der Waals surface area contributed by atoms with Crippen molar-refractivity contribution in [1.82, 2.24) is 4.57 Å². The molecule has 0 aliphatic heterocycles. The summed E-state index contributed by atoms with van der Waals surface area (Å²) in [5.74, 6) is 0.134. The predicted octanol–water partition coefficient (Wildman–Crippen LogP) is 3.35. The third-order valence-corrected chi connectivity index (χ3v) is 7.86. The summed E-state index contributed by atoms with van der Waals surface area (Å²) in [7, 11) is -2.04. The standard InChI is InChI=1S/C24H28N2O7S2/c1-4-32-18-10-13-20-21(15-18)34-24(26(20)16-23(28)33-5-2)25-22(27)7-6-14-35(29,30)19-11-8-17(31-3)9-12-19/h8-13,15H,4-7,14,16H2,1-3H3. The number of amides is 1. The molecule has 0 fully saturated rings. The molecule has 0 atom stereocenters. The first-order chi connectivity index (χ1) is 16.8. The number of benzene rings is 2. The maximum atomic E-state index is 12.6. The van der Waals surface area contributed by atoms with Gasteiger partial charge in [-0.3, -0.25) is 9.59 Å². The normalized spacial score (nSPS) is 12.0. The molecule has 0 radical (unpaired) electrons. The number of aromatic nitrogens is 1. The summed E-state index contributed by atoms with van der Waals surface area (Å²) in [6.07, 6.45) is 0.0706. The Balaban J connectivity index is 1.78. The van der Waals surface area contributed by atoms with Crippen molar-refractivity contribution in [2.24, 2.45) is 4.99 Å². The van der Waals surface area contributed by atoms with Crippen LogP contribution < -0.4 is 14.3 Å². The molecule has 1 aromatic heterocycles. The van der Waals surface area contributed by atoms with Crippen LogP contribution in [0.15, 0.2) is 52.4 Å². The van der Waals surface area contributed by atoms with E-state index in [2.05, 4.69) is 4.99 Å². The second kappa shape index (κ2) is 12.0. The van der Waals surface area contributed by atoms with Gasteiger partial charge in [-0.05, 0) is 62.7 Å². The lowest BCUT2D eigenvalue weighted by atomic mass is 10.3. The van der Waals surface area contributed by atoms with Crippen LogP contribution >= 0.6 is 11.3 Å². The van der Waals surface area contributed by atoms with Gasteiger partial charge < -0.3 is 18.8 Å². The van der Waals surface area contributed by atoms with Crippen molar-refractivity contribution in [3.8, 4) is 11.5 Å². The molecule has 2 aromatic carbocycles. The number of ether oxygens (including phenoxy) is 3. The van der Waals surface area contributed by atoms with Crippen LogP contribution in [0.25, 0.3) is 10.2 Å². The van der Waals surface area contributed by atoms with E-state index in [0.717, 1.165) is 10.2 Å². The van der Waals surface area contributed by atoms with E-state index in [1.54, 1.807) is 35.8 Å². The summed E-state index contributed by atoms with van der Waals surface area (Å²) >= 11 is 1.25. The lowest BCUT2D eigenvalue weighted by Crippen LogP contribution is -2.23. The lowest BCUT2D eigenvalue weighted by molar-refractivity contribution is -0.143. The monoisotopic (exact) mass is 520 g/mol. The molecule has 0 bridgehead atoms. The smallest absolute Gasteiger partial charge is 0.326 e. The second-order valence-corrected chi connectivity index (χ2v) is 10.6. The van der Waals surface area contributed by atoms with Crippen LogP contribution in [0, 0.1) is 0 Å². The molecule has 0 saturated heterocycles. The number of nitrogens with zero attached hydrogens (tertiary/aromatic N) is 2. The Hall–Kier alpha value is -3.18. The summed E-state index contributed by atoms with van der Waals surface area (Å²) in [5.41, 5.74) is 0.722. The van der Waals surface area contributed by atoms with Crippen LogP contribution in [0.4, 0.5) is 0 Å². The Morgan fingerprint density at radius 2 is 1.74 bits per heavy atom. The van der Waals surface area contributed by atoms with E-state index in [1.165, 1.54) is 30.6 Å². The molecule has 1 heterocycles. The Kier molecular flexibility index (Phi) is 9.05. The highest BCUT2D eigenvalue weighted by Gasteiger charge is 2.16. The SMILES string of the molecule is CCOC(=O)Cn1c(=NC(=O)CCCS(=O)(=O)c2ccc(OC)cc2)sc2cc(OCC)ccc21. The van der Waals surface area contributed by atoms with E-state index in [0.29, 0.717) is 22.9 Å². The summed E-state index contributed by atoms with van der Waals surface area (Å²) in [5, 5.41) is 0. The molecular weight excluding hydrogens is 492 g/mol. The molecular formula is C24H28N2O7S2. The van der Waals surface area contributed by atoms with Gasteiger partial charge in [-0.15, -0.1) is 0 Å². The van der Waals surface area contributed by atoms with Gasteiger partial charge >= 0.3 is 5.97 Å². The zero-order valence-electron chi connectivity index (χ0n) is 19.9. The van der Waals surface area contributed by atoms with Crippen molar-refractivity contribution < 1.29 is 32.2 Å². The molecule has 11 heteroatoms. The molecule has 9 nitrogen and oxygen atoms in total. The first-order valence-electron chi connectivity index (χ1n) is 11.1. The minimum atomic E-state index is -3.54. The fraction of sp³-hybridized carbons (Fsp3) is 0.375. The number of esters is 1. The van der Waals surface area contributed by atoms with Crippen LogP contribution in [0.3, 0.4) is 0 Å². The molecule has 35 heavy (non-hydrogen) atoms. The van der Waals surface area contributed by atoms with Crippen LogP contribution in [-0.2, 0) is 30.7 Å². The Bertz CT molecular complexity index is 1360. The molecule has 3 rings (SSSR count). The molecule has 1 amide bonds. The fourth-order valence-corrected chi connectivity index (χ4v) is 5.75. The van der Waals surface area contributed by atoms with E-state index in [-0.39, 0.29) is 36.6 Å². The number of carbonyl (C=O) groups excluding carboxylic acids is 2. The van der Waals surface area contributed by atoms with Gasteiger partial charge in [0.2, 0.25) is 5.91 Å². The Labute approximate surface area is 207 Å². The molecule has 188 valence electrons. The van der Waals surface area contributed by atoms with Gasteiger partial charge in [0, 0.05) is 6.42 Å². The van der Waals surface area contributed by atoms with Crippen molar-refractivity contribution in [2.75, 3.05) is 26.1 Å². The second-order valence-electron chi connectivity index (χ2n) is 7.44. The van der Waals surface area contributed by atoms with E-state index in [1.807, 2.05) is 13.0 Å². The van der Waals surface area contributed by atoms with E-state index in [4.69, 9.17) is 14.2 Å². The van der Waals surface area contributed by atoms with Crippen molar-refractivity contribution >= 4 is 43.3 Å². The minimum absolute atomic E-state index is 0.0484. The summed E-state index contributed by atoms with van der Waals surface area (Å²) < 4.78 is 43.2. The quantitative estimate of drug-likeness (QED) is 0.356. The van der Waals surface area contributed by atoms with E-state index < -0.39 is 21.7 Å². The molecule has 0 saturated carbocycles. The molecule has 0 spiro atoms.